The average Bonchev–Trinajstić information content (AvgIpc) is 3.38. The Balaban J connectivity index is 1.51. The third-order valence-electron chi connectivity index (χ3n) is 7.56. The summed E-state index contributed by atoms with van der Waals surface area (Å²) in [7, 11) is 1.24. The van der Waals surface area contributed by atoms with Crippen molar-refractivity contribution in [3.8, 4) is 16.8 Å². The number of pyridine rings is 1. The van der Waals surface area contributed by atoms with Crippen LogP contribution in [0.1, 0.15) is 53.8 Å². The molecule has 3 N–H and O–H groups in total. The number of carbonyl (C=O) groups is 3. The molecular weight excluding hydrogens is 594 g/mol. The summed E-state index contributed by atoms with van der Waals surface area (Å²) >= 11 is 5.94. The number of hydrogen-bond acceptors (Lipinski definition) is 6. The minimum Gasteiger partial charge on any atom is -0.453 e. The van der Waals surface area contributed by atoms with Gasteiger partial charge in [-0.3, -0.25) is 14.9 Å². The molecule has 0 fully saturated rings. The molecule has 0 saturated heterocycles. The molecule has 2 aromatic heterocycles. The lowest BCUT2D eigenvalue weighted by Crippen LogP contribution is -2.30. The summed E-state index contributed by atoms with van der Waals surface area (Å²) in [5, 5.41) is 12.5. The first-order chi connectivity index (χ1) is 21.1. The molecule has 2 aromatic carbocycles. The van der Waals surface area contributed by atoms with E-state index in [2.05, 4.69) is 30.8 Å². The Morgan fingerprint density at radius 1 is 1.14 bits per heavy atom. The molecule has 1 aliphatic heterocycles. The quantitative estimate of drug-likeness (QED) is 0.221. The fourth-order valence-corrected chi connectivity index (χ4v) is 5.26. The van der Waals surface area contributed by atoms with E-state index in [1.54, 1.807) is 44.2 Å². The van der Waals surface area contributed by atoms with E-state index < -0.39 is 35.7 Å². The number of nitrogens with one attached hydrogen (secondary N) is 3. The van der Waals surface area contributed by atoms with E-state index in [-0.39, 0.29) is 27.7 Å². The summed E-state index contributed by atoms with van der Waals surface area (Å²) in [5.41, 5.74) is 2.54. The van der Waals surface area contributed by atoms with Gasteiger partial charge in [-0.05, 0) is 50.1 Å². The number of ether oxygens (including phenoxy) is 1. The normalized spacial score (nSPS) is 16.5. The number of hydrogen-bond donors (Lipinski definition) is 3. The lowest BCUT2D eigenvalue weighted by atomic mass is 9.93. The van der Waals surface area contributed by atoms with Crippen molar-refractivity contribution in [3.63, 3.8) is 0 Å². The van der Waals surface area contributed by atoms with Gasteiger partial charge in [0.2, 0.25) is 11.9 Å². The van der Waals surface area contributed by atoms with Crippen molar-refractivity contribution in [1.29, 1.82) is 0 Å². The molecule has 2 atom stereocenters. The van der Waals surface area contributed by atoms with Gasteiger partial charge in [-0.15, -0.1) is 0 Å². The van der Waals surface area contributed by atoms with Crippen LogP contribution in [0.3, 0.4) is 0 Å². The number of carbonyl (C=O) groups excluding carboxylic acids is 3. The molecule has 3 amide bonds. The van der Waals surface area contributed by atoms with Crippen molar-refractivity contribution in [2.24, 2.45) is 5.92 Å². The molecule has 13 heteroatoms. The Morgan fingerprint density at radius 3 is 2.70 bits per heavy atom. The fourth-order valence-electron chi connectivity index (χ4n) is 5.09. The van der Waals surface area contributed by atoms with Crippen molar-refractivity contribution in [1.82, 2.24) is 20.1 Å². The van der Waals surface area contributed by atoms with Crippen LogP contribution in [0.25, 0.3) is 16.8 Å². The van der Waals surface area contributed by atoms with Crippen molar-refractivity contribution in [2.45, 2.75) is 39.2 Å². The van der Waals surface area contributed by atoms with Gasteiger partial charge in [0.15, 0.2) is 5.82 Å². The van der Waals surface area contributed by atoms with Gasteiger partial charge >= 0.3 is 6.09 Å². The van der Waals surface area contributed by atoms with E-state index >= 15 is 4.39 Å². The number of methoxy groups -OCH3 is 1. The van der Waals surface area contributed by atoms with E-state index in [0.29, 0.717) is 47.5 Å². The van der Waals surface area contributed by atoms with Gasteiger partial charge in [-0.25, -0.2) is 18.9 Å². The van der Waals surface area contributed by atoms with Gasteiger partial charge in [-0.2, -0.15) is 9.49 Å². The number of nitrogens with zero attached hydrogens (tertiary/aromatic N) is 3. The van der Waals surface area contributed by atoms with Crippen LogP contribution in [0, 0.1) is 24.6 Å². The van der Waals surface area contributed by atoms with Crippen LogP contribution < -0.4 is 16.0 Å². The molecule has 228 valence electrons. The summed E-state index contributed by atoms with van der Waals surface area (Å²) in [5.74, 6) is -2.63. The monoisotopic (exact) mass is 622 g/mol. The third-order valence-corrected chi connectivity index (χ3v) is 7.85. The SMILES string of the molecule is COC(=O)Nc1ccc2c(c1)NC(=O)[C@@H](C)CCC[C@@H](NC(=O)c1cnn(-c3cccc(Cl)c3F)c1C)c1cc-2cnc1F. The van der Waals surface area contributed by atoms with E-state index in [9.17, 15) is 18.8 Å². The molecule has 44 heavy (non-hydrogen) atoms. The Labute approximate surface area is 256 Å². The van der Waals surface area contributed by atoms with Crippen molar-refractivity contribution in [3.05, 3.63) is 88.5 Å². The molecule has 0 spiro atoms. The predicted molar refractivity (Wildman–Crippen MR) is 161 cm³/mol. The smallest absolute Gasteiger partial charge is 0.411 e. The largest absolute Gasteiger partial charge is 0.453 e. The Bertz CT molecular complexity index is 1760. The van der Waals surface area contributed by atoms with Crippen LogP contribution in [0.2, 0.25) is 5.02 Å². The highest BCUT2D eigenvalue weighted by atomic mass is 35.5. The van der Waals surface area contributed by atoms with Crippen LogP contribution in [0.15, 0.2) is 54.9 Å². The number of amides is 3. The van der Waals surface area contributed by atoms with Gasteiger partial charge in [0, 0.05) is 34.5 Å². The zero-order chi connectivity index (χ0) is 31.5. The van der Waals surface area contributed by atoms with Crippen molar-refractivity contribution < 1.29 is 27.9 Å². The Hall–Kier alpha value is -4.84. The molecule has 2 bridgehead atoms. The fraction of sp³-hybridized carbons (Fsp3) is 0.258. The summed E-state index contributed by atoms with van der Waals surface area (Å²) in [6.07, 6.45) is 3.21. The van der Waals surface area contributed by atoms with E-state index in [1.807, 2.05) is 0 Å². The highest BCUT2D eigenvalue weighted by Crippen LogP contribution is 2.35. The first-order valence-corrected chi connectivity index (χ1v) is 14.2. The molecule has 0 radical (unpaired) electrons. The van der Waals surface area contributed by atoms with Crippen LogP contribution in [-0.2, 0) is 9.53 Å². The summed E-state index contributed by atoms with van der Waals surface area (Å²) in [6, 6.07) is 10.1. The molecule has 4 aromatic rings. The molecule has 5 rings (SSSR count). The molecule has 1 aliphatic rings. The Morgan fingerprint density at radius 2 is 1.93 bits per heavy atom. The molecule has 0 aliphatic carbocycles. The van der Waals surface area contributed by atoms with Crippen LogP contribution in [-0.4, -0.2) is 39.8 Å². The minimum atomic E-state index is -0.806. The summed E-state index contributed by atoms with van der Waals surface area (Å²) in [4.78, 5) is 42.4. The molecule has 10 nitrogen and oxygen atoms in total. The zero-order valence-electron chi connectivity index (χ0n) is 24.1. The predicted octanol–water partition coefficient (Wildman–Crippen LogP) is 6.58. The number of aromatic nitrogens is 3. The number of halogens is 3. The highest BCUT2D eigenvalue weighted by molar-refractivity contribution is 6.30. The van der Waals surface area contributed by atoms with E-state index in [4.69, 9.17) is 11.6 Å². The number of anilines is 2. The van der Waals surface area contributed by atoms with Gasteiger partial charge in [0.25, 0.3) is 5.91 Å². The number of benzene rings is 2. The second-order valence-corrected chi connectivity index (χ2v) is 10.9. The van der Waals surface area contributed by atoms with Crippen molar-refractivity contribution >= 4 is 40.9 Å². The minimum absolute atomic E-state index is 0.0823. The van der Waals surface area contributed by atoms with Gasteiger partial charge in [0.1, 0.15) is 5.69 Å². The third kappa shape index (κ3) is 6.25. The van der Waals surface area contributed by atoms with E-state index in [1.165, 1.54) is 36.3 Å². The van der Waals surface area contributed by atoms with Crippen LogP contribution in [0.5, 0.6) is 0 Å². The lowest BCUT2D eigenvalue weighted by Gasteiger charge is -2.23. The summed E-state index contributed by atoms with van der Waals surface area (Å²) in [6.45, 7) is 3.39. The molecule has 0 unspecified atom stereocenters. The maximum Gasteiger partial charge on any atom is 0.411 e. The standard InChI is InChI=1S/C31H29ClF2N6O4/c1-16-6-4-8-24(38-30(42)22-15-36-40(17(22)2)26-9-5-7-23(32)27(26)33)21-12-18(14-35-28(21)34)20-11-10-19(37-31(43)44-3)13-25(20)39-29(16)41/h5,7,9-16,24H,4,6,8H2,1-3H3,(H,37,43)(H,38,42)(H,39,41)/t16-,24+/m0/s1. The van der Waals surface area contributed by atoms with Crippen LogP contribution in [0.4, 0.5) is 25.0 Å². The first kappa shape index (κ1) is 30.6. The molecule has 0 saturated carbocycles. The number of fused-ring (bicyclic) bond motifs is 4. The van der Waals surface area contributed by atoms with Crippen molar-refractivity contribution in [2.75, 3.05) is 17.7 Å². The average molecular weight is 623 g/mol. The van der Waals surface area contributed by atoms with Gasteiger partial charge in [-0.1, -0.05) is 37.1 Å². The second kappa shape index (κ2) is 12.8. The second-order valence-electron chi connectivity index (χ2n) is 10.5. The van der Waals surface area contributed by atoms with Gasteiger partial charge < -0.3 is 15.4 Å². The van der Waals surface area contributed by atoms with E-state index in [0.717, 1.165) is 0 Å². The Kier molecular flexibility index (Phi) is 8.91. The maximum atomic E-state index is 15.3. The summed E-state index contributed by atoms with van der Waals surface area (Å²) < 4.78 is 36.0. The maximum absolute atomic E-state index is 15.3. The highest BCUT2D eigenvalue weighted by Gasteiger charge is 2.26. The topological polar surface area (TPSA) is 127 Å². The lowest BCUT2D eigenvalue weighted by molar-refractivity contribution is -0.119. The van der Waals surface area contributed by atoms with Crippen LogP contribution >= 0.6 is 11.6 Å². The zero-order valence-corrected chi connectivity index (χ0v) is 24.8. The molecule has 3 heterocycles. The first-order valence-electron chi connectivity index (χ1n) is 13.8. The number of rotatable bonds is 4. The van der Waals surface area contributed by atoms with Gasteiger partial charge in [0.05, 0.1) is 41.3 Å². The molecular formula is C31H29ClF2N6O4.